The predicted octanol–water partition coefficient (Wildman–Crippen LogP) is 5.31. The molecule has 0 saturated carbocycles. The van der Waals surface area contributed by atoms with Gasteiger partial charge in [-0.2, -0.15) is 13.2 Å². The number of imidazole rings is 1. The van der Waals surface area contributed by atoms with E-state index in [1.165, 1.54) is 29.9 Å². The van der Waals surface area contributed by atoms with Gasteiger partial charge in [-0.25, -0.2) is 9.59 Å². The van der Waals surface area contributed by atoms with Gasteiger partial charge in [0.05, 0.1) is 30.8 Å². The summed E-state index contributed by atoms with van der Waals surface area (Å²) in [6.07, 6.45) is -5.03. The first-order chi connectivity index (χ1) is 16.8. The summed E-state index contributed by atoms with van der Waals surface area (Å²) in [6, 6.07) is 9.98. The van der Waals surface area contributed by atoms with E-state index in [9.17, 15) is 22.8 Å². The van der Waals surface area contributed by atoms with Gasteiger partial charge in [0.1, 0.15) is 16.9 Å². The van der Waals surface area contributed by atoms with Crippen LogP contribution in [-0.4, -0.2) is 45.9 Å². The summed E-state index contributed by atoms with van der Waals surface area (Å²) in [5.74, 6) is 0.283. The summed E-state index contributed by atoms with van der Waals surface area (Å²) >= 11 is 0. The van der Waals surface area contributed by atoms with Crippen molar-refractivity contribution in [2.75, 3.05) is 20.2 Å². The van der Waals surface area contributed by atoms with Gasteiger partial charge in [0.25, 0.3) is 0 Å². The third-order valence-electron chi connectivity index (χ3n) is 6.37. The molecule has 1 fully saturated rings. The predicted molar refractivity (Wildman–Crippen MR) is 129 cm³/mol. The number of carbonyl (C=O) groups is 1. The summed E-state index contributed by atoms with van der Waals surface area (Å²) in [4.78, 5) is 28.1. The molecule has 10 heteroatoms. The molecule has 194 valence electrons. The number of amides is 1. The molecule has 1 unspecified atom stereocenters. The molecule has 0 N–H and O–H groups in total. The molecule has 1 aromatic heterocycles. The molecule has 0 radical (unpaired) electrons. The van der Waals surface area contributed by atoms with E-state index >= 15 is 0 Å². The number of rotatable bonds is 4. The van der Waals surface area contributed by atoms with Crippen molar-refractivity contribution in [3.8, 4) is 5.75 Å². The number of likely N-dealkylation sites (tertiary alicyclic amines) is 1. The third-order valence-corrected chi connectivity index (χ3v) is 6.37. The highest BCUT2D eigenvalue weighted by Crippen LogP contribution is 2.35. The Kier molecular flexibility index (Phi) is 6.57. The number of methoxy groups -OCH3 is 1. The molecule has 3 aromatic rings. The van der Waals surface area contributed by atoms with E-state index in [1.54, 1.807) is 48.4 Å². The number of ether oxygens (including phenoxy) is 2. The van der Waals surface area contributed by atoms with Crippen LogP contribution in [0.4, 0.5) is 18.0 Å². The van der Waals surface area contributed by atoms with Crippen LogP contribution in [0.3, 0.4) is 0 Å². The van der Waals surface area contributed by atoms with Gasteiger partial charge >= 0.3 is 18.0 Å². The number of benzene rings is 2. The van der Waals surface area contributed by atoms with E-state index in [0.29, 0.717) is 23.3 Å². The van der Waals surface area contributed by atoms with Crippen molar-refractivity contribution in [2.24, 2.45) is 5.92 Å². The zero-order chi connectivity index (χ0) is 26.4. The lowest BCUT2D eigenvalue weighted by Crippen LogP contribution is -2.36. The Balaban J connectivity index is 1.82. The van der Waals surface area contributed by atoms with Crippen molar-refractivity contribution < 1.29 is 27.4 Å². The van der Waals surface area contributed by atoms with Crippen molar-refractivity contribution in [3.63, 3.8) is 0 Å². The van der Waals surface area contributed by atoms with E-state index in [2.05, 4.69) is 0 Å². The Morgan fingerprint density at radius 2 is 1.75 bits per heavy atom. The Labute approximate surface area is 207 Å². The quantitative estimate of drug-likeness (QED) is 0.482. The van der Waals surface area contributed by atoms with Crippen molar-refractivity contribution in [1.82, 2.24) is 14.0 Å². The largest absolute Gasteiger partial charge is 0.494 e. The number of carbonyl (C=O) groups excluding carboxylic acids is 1. The Morgan fingerprint density at radius 3 is 2.39 bits per heavy atom. The molecule has 0 spiro atoms. The van der Waals surface area contributed by atoms with Crippen LogP contribution >= 0.6 is 0 Å². The van der Waals surface area contributed by atoms with Crippen LogP contribution in [0.1, 0.15) is 44.9 Å². The Hall–Kier alpha value is -3.43. The number of nitrogens with zero attached hydrogens (tertiary/aromatic N) is 3. The maximum Gasteiger partial charge on any atom is 0.416 e. The smallest absolute Gasteiger partial charge is 0.416 e. The van der Waals surface area contributed by atoms with E-state index in [4.69, 9.17) is 9.47 Å². The van der Waals surface area contributed by atoms with Crippen LogP contribution in [0.5, 0.6) is 5.75 Å². The zero-order valence-corrected chi connectivity index (χ0v) is 20.9. The average molecular weight is 506 g/mol. The number of halogens is 3. The molecule has 1 amide bonds. The lowest BCUT2D eigenvalue weighted by Gasteiger charge is -2.24. The second-order valence-electron chi connectivity index (χ2n) is 10.2. The molecule has 36 heavy (non-hydrogen) atoms. The van der Waals surface area contributed by atoms with E-state index < -0.39 is 35.2 Å². The van der Waals surface area contributed by atoms with Crippen LogP contribution in [0.25, 0.3) is 11.0 Å². The van der Waals surface area contributed by atoms with Crippen molar-refractivity contribution >= 4 is 17.1 Å². The fourth-order valence-electron chi connectivity index (χ4n) is 4.80. The molecule has 2 heterocycles. The van der Waals surface area contributed by atoms with Gasteiger partial charge in [-0.1, -0.05) is 31.2 Å². The summed E-state index contributed by atoms with van der Waals surface area (Å²) in [5, 5.41) is 0. The monoisotopic (exact) mass is 505 g/mol. The molecule has 7 nitrogen and oxygen atoms in total. The Bertz CT molecular complexity index is 1340. The van der Waals surface area contributed by atoms with Crippen molar-refractivity contribution in [1.29, 1.82) is 0 Å². The molecule has 0 aliphatic carbocycles. The highest BCUT2D eigenvalue weighted by molar-refractivity contribution is 5.83. The van der Waals surface area contributed by atoms with Crippen molar-refractivity contribution in [3.05, 3.63) is 64.1 Å². The minimum Gasteiger partial charge on any atom is -0.494 e. The topological polar surface area (TPSA) is 65.7 Å². The third kappa shape index (κ3) is 4.81. The average Bonchev–Trinajstić information content (AvgIpc) is 3.29. The van der Waals surface area contributed by atoms with Crippen LogP contribution in [0.15, 0.2) is 47.3 Å². The van der Waals surface area contributed by atoms with Gasteiger partial charge in [0.2, 0.25) is 0 Å². The normalized spacial score (nSPS) is 18.6. The molecular weight excluding hydrogens is 475 g/mol. The van der Waals surface area contributed by atoms with E-state index in [1.807, 2.05) is 6.92 Å². The lowest BCUT2D eigenvalue weighted by atomic mass is 10.1. The molecule has 4 rings (SSSR count). The first-order valence-electron chi connectivity index (χ1n) is 11.7. The minimum absolute atomic E-state index is 0.0214. The van der Waals surface area contributed by atoms with Crippen LogP contribution in [0.2, 0.25) is 0 Å². The molecule has 1 aliphatic rings. The van der Waals surface area contributed by atoms with Crippen molar-refractivity contribution in [2.45, 2.75) is 52.1 Å². The molecule has 2 atom stereocenters. The summed E-state index contributed by atoms with van der Waals surface area (Å²) in [6.45, 7) is 7.63. The van der Waals surface area contributed by atoms with Gasteiger partial charge in [0, 0.05) is 13.1 Å². The number of hydrogen-bond donors (Lipinski definition) is 0. The second kappa shape index (κ2) is 9.22. The fraction of sp³-hybridized carbons (Fsp3) is 0.462. The van der Waals surface area contributed by atoms with Crippen LogP contribution in [0, 0.1) is 5.92 Å². The summed E-state index contributed by atoms with van der Waals surface area (Å²) in [5.41, 5.74) is -0.999. The maximum atomic E-state index is 13.8. The number of para-hydroxylation sites is 1. The highest BCUT2D eigenvalue weighted by atomic mass is 19.4. The molecule has 1 aliphatic heterocycles. The van der Waals surface area contributed by atoms with Gasteiger partial charge in [-0.05, 0) is 50.5 Å². The zero-order valence-electron chi connectivity index (χ0n) is 20.9. The fourth-order valence-corrected chi connectivity index (χ4v) is 4.80. The second-order valence-corrected chi connectivity index (χ2v) is 10.2. The summed E-state index contributed by atoms with van der Waals surface area (Å²) in [7, 11) is 1.45. The molecule has 1 saturated heterocycles. The van der Waals surface area contributed by atoms with Crippen LogP contribution < -0.4 is 10.4 Å². The number of hydrogen-bond acceptors (Lipinski definition) is 4. The number of fused-ring (bicyclic) bond motifs is 1. The first kappa shape index (κ1) is 25.7. The SMILES string of the molecule is COc1cccc2c1n(Cc1ccccc1C(F)(F)F)c(=O)n2C1CN(C(=O)OC(C)(C)C)C[C@@H]1C. The minimum atomic E-state index is -4.56. The highest BCUT2D eigenvalue weighted by Gasteiger charge is 2.38. The molecule has 0 bridgehead atoms. The standard InChI is InChI=1S/C26H30F3N3O4/c1-16-13-30(24(34)36-25(2,3)4)15-20(16)32-19-11-8-12-21(35-5)22(19)31(23(32)33)14-17-9-6-7-10-18(17)26(27,28)29/h6-12,16,20H,13-15H2,1-5H3/t16-,20?/m0/s1. The van der Waals surface area contributed by atoms with Crippen LogP contribution in [-0.2, 0) is 17.5 Å². The first-order valence-corrected chi connectivity index (χ1v) is 11.7. The molecule has 2 aromatic carbocycles. The number of aromatic nitrogens is 2. The van der Waals surface area contributed by atoms with Gasteiger partial charge in [0.15, 0.2) is 0 Å². The molecular formula is C26H30F3N3O4. The van der Waals surface area contributed by atoms with E-state index in [0.717, 1.165) is 6.07 Å². The van der Waals surface area contributed by atoms with Gasteiger partial charge in [-0.15, -0.1) is 0 Å². The Morgan fingerprint density at radius 1 is 1.06 bits per heavy atom. The summed E-state index contributed by atoms with van der Waals surface area (Å²) < 4.78 is 54.9. The van der Waals surface area contributed by atoms with Gasteiger partial charge < -0.3 is 14.4 Å². The van der Waals surface area contributed by atoms with E-state index in [-0.39, 0.29) is 24.6 Å². The maximum absolute atomic E-state index is 13.8. The lowest BCUT2D eigenvalue weighted by molar-refractivity contribution is -0.138. The van der Waals surface area contributed by atoms with Gasteiger partial charge in [-0.3, -0.25) is 9.13 Å². The number of alkyl halides is 3.